The Morgan fingerprint density at radius 1 is 1.31 bits per heavy atom. The number of pyridine rings is 1. The summed E-state index contributed by atoms with van der Waals surface area (Å²) >= 11 is 13.3. The third kappa shape index (κ3) is 4.49. The van der Waals surface area contributed by atoms with Crippen LogP contribution < -0.4 is 10.1 Å². The average molecular weight is 409 g/mol. The summed E-state index contributed by atoms with van der Waals surface area (Å²) in [6, 6.07) is 8.53. The third-order valence-corrected chi connectivity index (χ3v) is 4.82. The first-order valence-electron chi connectivity index (χ1n) is 7.73. The molecular weight excluding hydrogens is 395 g/mol. The predicted molar refractivity (Wildman–Crippen MR) is 103 cm³/mol. The van der Waals surface area contributed by atoms with Crippen molar-refractivity contribution in [3.05, 3.63) is 52.8 Å². The smallest absolute Gasteiger partial charge is 0.267 e. The van der Waals surface area contributed by atoms with Gasteiger partial charge >= 0.3 is 0 Å². The Bertz CT molecular complexity index is 905. The normalized spacial score (nSPS) is 11.8. The number of hydrogen-bond acceptors (Lipinski definition) is 6. The molecule has 0 saturated heterocycles. The Morgan fingerprint density at radius 2 is 2.15 bits per heavy atom. The maximum Gasteiger partial charge on any atom is 0.267 e. The van der Waals surface area contributed by atoms with E-state index in [1.807, 2.05) is 19.1 Å². The van der Waals surface area contributed by atoms with Crippen LogP contribution in [0.15, 0.2) is 42.7 Å². The molecule has 3 aromatic rings. The van der Waals surface area contributed by atoms with Gasteiger partial charge in [-0.1, -0.05) is 41.5 Å². The lowest BCUT2D eigenvalue weighted by Crippen LogP contribution is -2.32. The van der Waals surface area contributed by atoms with Crippen LogP contribution in [0.5, 0.6) is 5.75 Å². The summed E-state index contributed by atoms with van der Waals surface area (Å²) in [7, 11) is 0. The van der Waals surface area contributed by atoms with Crippen molar-refractivity contribution >= 4 is 45.6 Å². The van der Waals surface area contributed by atoms with Gasteiger partial charge in [-0.3, -0.25) is 15.1 Å². The lowest BCUT2D eigenvalue weighted by molar-refractivity contribution is -0.122. The molecule has 2 aromatic heterocycles. The molecule has 2 heterocycles. The number of ether oxygens (including phenoxy) is 1. The number of hydrogen-bond donors (Lipinski definition) is 1. The molecule has 1 N–H and O–H groups in total. The molecule has 1 amide bonds. The Hall–Kier alpha value is -2.22. The molecule has 0 aliphatic rings. The van der Waals surface area contributed by atoms with E-state index in [0.717, 1.165) is 5.56 Å². The van der Waals surface area contributed by atoms with Crippen LogP contribution in [0, 0.1) is 0 Å². The van der Waals surface area contributed by atoms with E-state index in [-0.39, 0.29) is 5.91 Å². The lowest BCUT2D eigenvalue weighted by Gasteiger charge is -2.17. The van der Waals surface area contributed by atoms with Crippen molar-refractivity contribution in [3.63, 3.8) is 0 Å². The van der Waals surface area contributed by atoms with Crippen LogP contribution >= 0.6 is 34.5 Å². The fraction of sp³-hybridized carbons (Fsp3) is 0.176. The lowest BCUT2D eigenvalue weighted by atomic mass is 10.2. The van der Waals surface area contributed by atoms with Gasteiger partial charge in [0.1, 0.15) is 5.75 Å². The zero-order valence-electron chi connectivity index (χ0n) is 13.6. The van der Waals surface area contributed by atoms with Crippen molar-refractivity contribution in [2.24, 2.45) is 0 Å². The highest BCUT2D eigenvalue weighted by molar-refractivity contribution is 7.18. The summed E-state index contributed by atoms with van der Waals surface area (Å²) in [4.78, 5) is 16.5. The van der Waals surface area contributed by atoms with Gasteiger partial charge in [0.25, 0.3) is 5.91 Å². The maximum atomic E-state index is 12.5. The van der Waals surface area contributed by atoms with Gasteiger partial charge in [-0.25, -0.2) is 0 Å². The van der Waals surface area contributed by atoms with Crippen LogP contribution in [0.4, 0.5) is 5.13 Å². The first-order chi connectivity index (χ1) is 12.6. The first kappa shape index (κ1) is 18.6. The van der Waals surface area contributed by atoms with Gasteiger partial charge in [0.15, 0.2) is 11.1 Å². The number of aromatic nitrogens is 3. The molecule has 0 radical (unpaired) electrons. The van der Waals surface area contributed by atoms with Gasteiger partial charge in [-0.2, -0.15) is 0 Å². The number of amides is 1. The predicted octanol–water partition coefficient (Wildman–Crippen LogP) is 4.70. The van der Waals surface area contributed by atoms with E-state index in [2.05, 4.69) is 20.5 Å². The summed E-state index contributed by atoms with van der Waals surface area (Å²) in [6.45, 7) is 1.84. The van der Waals surface area contributed by atoms with E-state index in [0.29, 0.717) is 32.4 Å². The molecule has 1 atom stereocenters. The molecular formula is C17H14Cl2N4O2S. The molecule has 0 aliphatic heterocycles. The van der Waals surface area contributed by atoms with Gasteiger partial charge in [0.2, 0.25) is 5.13 Å². The number of anilines is 1. The number of nitrogens with zero attached hydrogens (tertiary/aromatic N) is 3. The monoisotopic (exact) mass is 408 g/mol. The molecule has 3 rings (SSSR count). The Labute approximate surface area is 164 Å². The number of nitrogens with one attached hydrogen (secondary N) is 1. The minimum Gasteiger partial charge on any atom is -0.479 e. The second-order valence-electron chi connectivity index (χ2n) is 5.23. The highest BCUT2D eigenvalue weighted by atomic mass is 35.5. The molecule has 0 unspecified atom stereocenters. The van der Waals surface area contributed by atoms with Crippen LogP contribution in [0.25, 0.3) is 10.6 Å². The minimum absolute atomic E-state index is 0.336. The van der Waals surface area contributed by atoms with E-state index >= 15 is 0 Å². The fourth-order valence-electron chi connectivity index (χ4n) is 2.11. The topological polar surface area (TPSA) is 77.0 Å². The number of carbonyl (C=O) groups is 1. The van der Waals surface area contributed by atoms with E-state index in [1.165, 1.54) is 11.3 Å². The third-order valence-electron chi connectivity index (χ3n) is 3.39. The molecule has 1 aromatic carbocycles. The first-order valence-corrected chi connectivity index (χ1v) is 9.30. The van der Waals surface area contributed by atoms with Crippen molar-refractivity contribution in [2.45, 2.75) is 19.4 Å². The van der Waals surface area contributed by atoms with Gasteiger partial charge in [0, 0.05) is 29.0 Å². The number of halogens is 2. The minimum atomic E-state index is -0.739. The second-order valence-corrected chi connectivity index (χ2v) is 7.05. The second kappa shape index (κ2) is 8.44. The molecule has 0 saturated carbocycles. The van der Waals surface area contributed by atoms with Gasteiger partial charge in [-0.05, 0) is 30.7 Å². The van der Waals surface area contributed by atoms with Gasteiger partial charge in [-0.15, -0.1) is 10.2 Å². The molecule has 0 aliphatic carbocycles. The van der Waals surface area contributed by atoms with Crippen molar-refractivity contribution < 1.29 is 9.53 Å². The Morgan fingerprint density at radius 3 is 2.88 bits per heavy atom. The van der Waals surface area contributed by atoms with Crippen molar-refractivity contribution in [3.8, 4) is 16.3 Å². The fourth-order valence-corrected chi connectivity index (χ4v) is 3.17. The average Bonchev–Trinajstić information content (AvgIpc) is 3.11. The molecule has 134 valence electrons. The van der Waals surface area contributed by atoms with Crippen LogP contribution in [0.1, 0.15) is 13.3 Å². The summed E-state index contributed by atoms with van der Waals surface area (Å²) in [6.07, 6.45) is 3.07. The summed E-state index contributed by atoms with van der Waals surface area (Å²) in [5, 5.41) is 12.7. The largest absolute Gasteiger partial charge is 0.479 e. The highest BCUT2D eigenvalue weighted by Crippen LogP contribution is 2.30. The quantitative estimate of drug-likeness (QED) is 0.639. The summed E-state index contributed by atoms with van der Waals surface area (Å²) < 4.78 is 5.72. The van der Waals surface area contributed by atoms with Crippen LogP contribution in [0.3, 0.4) is 0 Å². The molecule has 26 heavy (non-hydrogen) atoms. The number of carbonyl (C=O) groups excluding carboxylic acids is 1. The molecule has 0 bridgehead atoms. The molecule has 9 heteroatoms. The summed E-state index contributed by atoms with van der Waals surface area (Å²) in [5.41, 5.74) is 0.833. The number of benzene rings is 1. The molecule has 0 fully saturated rings. The van der Waals surface area contributed by atoms with Gasteiger partial charge < -0.3 is 4.74 Å². The highest BCUT2D eigenvalue weighted by Gasteiger charge is 2.21. The van der Waals surface area contributed by atoms with E-state index < -0.39 is 6.10 Å². The maximum absolute atomic E-state index is 12.5. The van der Waals surface area contributed by atoms with Crippen molar-refractivity contribution in [1.29, 1.82) is 0 Å². The van der Waals surface area contributed by atoms with Crippen molar-refractivity contribution in [2.75, 3.05) is 5.32 Å². The standard InChI is InChI=1S/C17H14Cl2N4O2S/c1-2-13(25-14-8-11(18)5-6-12(14)19)15(24)21-17-23-22-16(26-17)10-4-3-7-20-9-10/h3-9,13H,2H2,1H3,(H,21,23,24)/t13-/m0/s1. The van der Waals surface area contributed by atoms with E-state index in [9.17, 15) is 4.79 Å². The van der Waals surface area contributed by atoms with Crippen LogP contribution in [0.2, 0.25) is 10.0 Å². The van der Waals surface area contributed by atoms with Gasteiger partial charge in [0.05, 0.1) is 5.02 Å². The Kier molecular flexibility index (Phi) is 6.03. The molecule has 6 nitrogen and oxygen atoms in total. The van der Waals surface area contributed by atoms with E-state index in [1.54, 1.807) is 30.6 Å². The Balaban J connectivity index is 1.70. The number of rotatable bonds is 6. The summed E-state index contributed by atoms with van der Waals surface area (Å²) in [5.74, 6) is 0.0203. The van der Waals surface area contributed by atoms with Crippen LogP contribution in [-0.2, 0) is 4.79 Å². The zero-order valence-corrected chi connectivity index (χ0v) is 16.0. The zero-order chi connectivity index (χ0) is 18.5. The van der Waals surface area contributed by atoms with Crippen LogP contribution in [-0.4, -0.2) is 27.2 Å². The molecule has 0 spiro atoms. The SMILES string of the molecule is CC[C@H](Oc1cc(Cl)ccc1Cl)C(=O)Nc1nnc(-c2cccnc2)s1. The van der Waals surface area contributed by atoms with Crippen molar-refractivity contribution in [1.82, 2.24) is 15.2 Å². The van der Waals surface area contributed by atoms with E-state index in [4.69, 9.17) is 27.9 Å².